The van der Waals surface area contributed by atoms with Gasteiger partial charge in [-0.2, -0.15) is 10.2 Å². The second kappa shape index (κ2) is 9.35. The molecule has 33 heavy (non-hydrogen) atoms. The molecule has 0 radical (unpaired) electrons. The van der Waals surface area contributed by atoms with Gasteiger partial charge in [-0.3, -0.25) is 5.01 Å². The van der Waals surface area contributed by atoms with Gasteiger partial charge in [-0.25, -0.2) is 13.9 Å². The average Bonchev–Trinajstić information content (AvgIpc) is 3.44. The lowest BCUT2D eigenvalue weighted by Crippen LogP contribution is -2.22. The molecule has 5 rings (SSSR count). The van der Waals surface area contributed by atoms with Crippen molar-refractivity contribution in [3.63, 3.8) is 0 Å². The van der Waals surface area contributed by atoms with E-state index < -0.39 is 0 Å². The first-order valence-corrected chi connectivity index (χ1v) is 11.4. The number of likely N-dealkylation sites (N-methyl/N-ethyl adjacent to an activating group) is 1. The molecule has 0 saturated carbocycles. The van der Waals surface area contributed by atoms with Crippen molar-refractivity contribution in [2.24, 2.45) is 11.0 Å². The van der Waals surface area contributed by atoms with Crippen LogP contribution in [0.5, 0.6) is 5.75 Å². The fourth-order valence-electron chi connectivity index (χ4n) is 4.39. The molecule has 3 aromatic rings. The first-order valence-electron chi connectivity index (χ1n) is 11.4. The molecule has 1 saturated heterocycles. The molecule has 8 nitrogen and oxygen atoms in total. The Labute approximate surface area is 192 Å². The molecule has 9 heteroatoms. The topological polar surface area (TPSA) is 76.3 Å². The van der Waals surface area contributed by atoms with Crippen molar-refractivity contribution in [2.45, 2.75) is 31.7 Å². The quantitative estimate of drug-likeness (QED) is 0.587. The van der Waals surface area contributed by atoms with Gasteiger partial charge >= 0.3 is 0 Å². The monoisotopic (exact) mass is 452 g/mol. The minimum Gasteiger partial charge on any atom is -0.493 e. The van der Waals surface area contributed by atoms with Crippen LogP contribution in [0.2, 0.25) is 0 Å². The predicted octanol–water partition coefficient (Wildman–Crippen LogP) is 3.86. The largest absolute Gasteiger partial charge is 0.493 e. The Kier molecular flexibility index (Phi) is 6.13. The van der Waals surface area contributed by atoms with Crippen LogP contribution in [-0.2, 0) is 4.74 Å². The predicted molar refractivity (Wildman–Crippen MR) is 124 cm³/mol. The number of anilines is 1. The Morgan fingerprint density at radius 3 is 2.91 bits per heavy atom. The van der Waals surface area contributed by atoms with Gasteiger partial charge in [0.2, 0.25) is 0 Å². The van der Waals surface area contributed by atoms with Gasteiger partial charge in [0.25, 0.3) is 0 Å². The lowest BCUT2D eigenvalue weighted by atomic mass is 10.0. The van der Waals surface area contributed by atoms with E-state index in [1.54, 1.807) is 10.6 Å². The number of benzene rings is 1. The number of hydrogen-bond donors (Lipinski definition) is 1. The normalized spacial score (nSPS) is 19.8. The van der Waals surface area contributed by atoms with Crippen LogP contribution in [-0.4, -0.2) is 59.2 Å². The number of halogens is 1. The van der Waals surface area contributed by atoms with E-state index in [0.29, 0.717) is 24.1 Å². The number of fused-ring (bicyclic) bond motifs is 1. The van der Waals surface area contributed by atoms with Crippen molar-refractivity contribution in [3.05, 3.63) is 53.6 Å². The highest BCUT2D eigenvalue weighted by Gasteiger charge is 2.22. The van der Waals surface area contributed by atoms with Crippen LogP contribution in [0.1, 0.15) is 42.9 Å². The highest BCUT2D eigenvalue weighted by molar-refractivity contribution is 5.73. The van der Waals surface area contributed by atoms with Crippen molar-refractivity contribution < 1.29 is 13.9 Å². The second-order valence-electron chi connectivity index (χ2n) is 8.81. The molecule has 1 N–H and O–H groups in total. The van der Waals surface area contributed by atoms with Gasteiger partial charge in [-0.15, -0.1) is 0 Å². The zero-order valence-electron chi connectivity index (χ0n) is 18.9. The van der Waals surface area contributed by atoms with Gasteiger partial charge in [-0.1, -0.05) is 0 Å². The molecule has 2 aromatic heterocycles. The van der Waals surface area contributed by atoms with Crippen LogP contribution in [0.25, 0.3) is 5.65 Å². The summed E-state index contributed by atoms with van der Waals surface area (Å²) < 4.78 is 27.4. The van der Waals surface area contributed by atoms with Crippen molar-refractivity contribution in [1.82, 2.24) is 19.6 Å². The van der Waals surface area contributed by atoms with Crippen molar-refractivity contribution in [3.8, 4) is 5.75 Å². The number of hydrogen-bond acceptors (Lipinski definition) is 7. The molecule has 0 bridgehead atoms. The third-order valence-electron chi connectivity index (χ3n) is 6.32. The summed E-state index contributed by atoms with van der Waals surface area (Å²) in [5.41, 5.74) is 2.59. The summed E-state index contributed by atoms with van der Waals surface area (Å²) in [5, 5.41) is 14.1. The summed E-state index contributed by atoms with van der Waals surface area (Å²) in [7, 11) is 1.95. The number of nitrogens with one attached hydrogen (secondary N) is 1. The molecule has 2 atom stereocenters. The molecule has 0 amide bonds. The lowest BCUT2D eigenvalue weighted by Gasteiger charge is -2.24. The Hall–Kier alpha value is -3.20. The number of rotatable bonds is 7. The summed E-state index contributed by atoms with van der Waals surface area (Å²) >= 11 is 0. The minimum atomic E-state index is -0.289. The molecule has 0 spiro atoms. The van der Waals surface area contributed by atoms with Crippen molar-refractivity contribution in [2.75, 3.05) is 38.7 Å². The van der Waals surface area contributed by atoms with Gasteiger partial charge < -0.3 is 14.8 Å². The molecular formula is C24H29FN6O2. The van der Waals surface area contributed by atoms with Gasteiger partial charge in [0.05, 0.1) is 18.8 Å². The maximum Gasteiger partial charge on any atom is 0.161 e. The summed E-state index contributed by atoms with van der Waals surface area (Å²) in [6.45, 7) is 4.94. The summed E-state index contributed by atoms with van der Waals surface area (Å²) in [6.07, 6.45) is 7.63. The molecule has 4 heterocycles. The van der Waals surface area contributed by atoms with E-state index in [9.17, 15) is 4.39 Å². The Bertz CT molecular complexity index is 1140. The molecule has 2 aliphatic rings. The number of aromatic nitrogens is 3. The first-order chi connectivity index (χ1) is 16.1. The SMILES string of the molecule is CC(Nc1ccn2ncc(C3C=NN(C)C3)c2n1)c1cc(F)ccc1OCC1CCOCC1. The molecule has 174 valence electrons. The van der Waals surface area contributed by atoms with Crippen LogP contribution in [0, 0.1) is 11.7 Å². The Balaban J connectivity index is 1.34. The second-order valence-corrected chi connectivity index (χ2v) is 8.81. The molecule has 1 fully saturated rings. The standard InChI is InChI=1S/C24H29FN6O2/c1-16(20-11-19(25)3-4-22(20)33-15-17-6-9-32-10-7-17)28-23-5-8-31-24(29-23)21(13-27-31)18-12-26-30(2)14-18/h3-5,8,11-13,16-18H,6-7,9-10,14-15H2,1-2H3,(H,28,29). The van der Waals surface area contributed by atoms with E-state index in [-0.39, 0.29) is 17.8 Å². The van der Waals surface area contributed by atoms with Gasteiger partial charge in [0.1, 0.15) is 17.4 Å². The number of nitrogens with zero attached hydrogens (tertiary/aromatic N) is 5. The minimum absolute atomic E-state index is 0.154. The molecule has 1 aromatic carbocycles. The third-order valence-corrected chi connectivity index (χ3v) is 6.32. The highest BCUT2D eigenvalue weighted by Crippen LogP contribution is 2.30. The van der Waals surface area contributed by atoms with Gasteiger partial charge in [0.15, 0.2) is 5.65 Å². The fourth-order valence-corrected chi connectivity index (χ4v) is 4.39. The van der Waals surface area contributed by atoms with E-state index >= 15 is 0 Å². The maximum absolute atomic E-state index is 14.1. The van der Waals surface area contributed by atoms with Crippen molar-refractivity contribution >= 4 is 17.7 Å². The zero-order chi connectivity index (χ0) is 22.8. The van der Waals surface area contributed by atoms with Crippen LogP contribution >= 0.6 is 0 Å². The smallest absolute Gasteiger partial charge is 0.161 e. The zero-order valence-corrected chi connectivity index (χ0v) is 18.9. The van der Waals surface area contributed by atoms with Crippen molar-refractivity contribution in [1.29, 1.82) is 0 Å². The van der Waals surface area contributed by atoms with E-state index in [1.165, 1.54) is 12.1 Å². The summed E-state index contributed by atoms with van der Waals surface area (Å²) in [6, 6.07) is 6.36. The van der Waals surface area contributed by atoms with Crippen LogP contribution in [0.3, 0.4) is 0 Å². The number of hydrazone groups is 1. The maximum atomic E-state index is 14.1. The molecule has 2 aliphatic heterocycles. The van der Waals surface area contributed by atoms with Gasteiger partial charge in [-0.05, 0) is 49.9 Å². The van der Waals surface area contributed by atoms with E-state index in [0.717, 1.165) is 49.4 Å². The summed E-state index contributed by atoms with van der Waals surface area (Å²) in [4.78, 5) is 4.80. The van der Waals surface area contributed by atoms with E-state index in [1.807, 2.05) is 43.7 Å². The highest BCUT2D eigenvalue weighted by atomic mass is 19.1. The van der Waals surface area contributed by atoms with Gasteiger partial charge in [0, 0.05) is 56.3 Å². The third kappa shape index (κ3) is 4.78. The fraction of sp³-hybridized carbons (Fsp3) is 0.458. The summed E-state index contributed by atoms with van der Waals surface area (Å²) in [5.74, 6) is 1.71. The van der Waals surface area contributed by atoms with Crippen LogP contribution in [0.4, 0.5) is 10.2 Å². The van der Waals surface area contributed by atoms with Crippen LogP contribution in [0.15, 0.2) is 41.8 Å². The first kappa shape index (κ1) is 21.6. The number of ether oxygens (including phenoxy) is 2. The molecule has 0 aliphatic carbocycles. The lowest BCUT2D eigenvalue weighted by molar-refractivity contribution is 0.0496. The average molecular weight is 453 g/mol. The molecule has 2 unspecified atom stereocenters. The van der Waals surface area contributed by atoms with Crippen LogP contribution < -0.4 is 10.1 Å². The van der Waals surface area contributed by atoms with E-state index in [4.69, 9.17) is 14.5 Å². The Morgan fingerprint density at radius 2 is 2.12 bits per heavy atom. The Morgan fingerprint density at radius 1 is 1.27 bits per heavy atom. The molecular weight excluding hydrogens is 423 g/mol. The van der Waals surface area contributed by atoms with E-state index in [2.05, 4.69) is 15.5 Å².